The number of carboxylic acid groups (broad SMARTS) is 1. The molecular weight excluding hydrogens is 270 g/mol. The molecule has 0 aliphatic heterocycles. The number of hydrogen-bond donors (Lipinski definition) is 2. The van der Waals surface area contributed by atoms with Crippen LogP contribution in [0.4, 0.5) is 0 Å². The lowest BCUT2D eigenvalue weighted by Gasteiger charge is -2.13. The van der Waals surface area contributed by atoms with E-state index in [1.54, 1.807) is 13.8 Å². The Morgan fingerprint density at radius 1 is 1.32 bits per heavy atom. The third-order valence-electron chi connectivity index (χ3n) is 3.10. The molecule has 1 saturated carbocycles. The Kier molecular flexibility index (Phi) is 4.95. The second-order valence-electron chi connectivity index (χ2n) is 5.63. The number of amides is 1. The Morgan fingerprint density at radius 3 is 2.32 bits per heavy atom. The average Bonchev–Trinajstić information content (AvgIpc) is 2.91. The average molecular weight is 291 g/mol. The van der Waals surface area contributed by atoms with Crippen LogP contribution in [0.15, 0.2) is 0 Å². The molecule has 19 heavy (non-hydrogen) atoms. The quantitative estimate of drug-likeness (QED) is 0.681. The minimum Gasteiger partial charge on any atom is -0.481 e. The zero-order valence-corrected chi connectivity index (χ0v) is 12.1. The van der Waals surface area contributed by atoms with Gasteiger partial charge in [0.1, 0.15) is 0 Å². The van der Waals surface area contributed by atoms with Crippen molar-refractivity contribution in [3.05, 3.63) is 0 Å². The molecule has 0 atom stereocenters. The largest absolute Gasteiger partial charge is 0.481 e. The summed E-state index contributed by atoms with van der Waals surface area (Å²) >= 11 is 0. The van der Waals surface area contributed by atoms with Crippen molar-refractivity contribution in [3.8, 4) is 0 Å². The predicted octanol–water partition coefficient (Wildman–Crippen LogP) is 0.571. The molecule has 0 saturated heterocycles. The number of sulfone groups is 1. The van der Waals surface area contributed by atoms with Crippen molar-refractivity contribution in [2.24, 2.45) is 5.41 Å². The van der Waals surface area contributed by atoms with Crippen molar-refractivity contribution in [3.63, 3.8) is 0 Å². The van der Waals surface area contributed by atoms with Crippen LogP contribution < -0.4 is 5.32 Å². The Morgan fingerprint density at radius 2 is 1.89 bits per heavy atom. The van der Waals surface area contributed by atoms with Crippen molar-refractivity contribution in [2.75, 3.05) is 11.5 Å². The van der Waals surface area contributed by atoms with E-state index >= 15 is 0 Å². The molecule has 1 aliphatic rings. The smallest absolute Gasteiger partial charge is 0.303 e. The van der Waals surface area contributed by atoms with E-state index < -0.39 is 21.2 Å². The zero-order valence-electron chi connectivity index (χ0n) is 11.3. The lowest BCUT2D eigenvalue weighted by molar-refractivity contribution is -0.138. The van der Waals surface area contributed by atoms with Gasteiger partial charge in [-0.15, -0.1) is 0 Å². The molecule has 0 spiro atoms. The van der Waals surface area contributed by atoms with Gasteiger partial charge in [-0.2, -0.15) is 0 Å². The first-order valence-corrected chi connectivity index (χ1v) is 8.18. The summed E-state index contributed by atoms with van der Waals surface area (Å²) in [6, 6.07) is -0.0167. The van der Waals surface area contributed by atoms with Gasteiger partial charge in [-0.05, 0) is 32.1 Å². The van der Waals surface area contributed by atoms with Crippen LogP contribution in [0.25, 0.3) is 0 Å². The van der Waals surface area contributed by atoms with E-state index in [0.717, 1.165) is 0 Å². The zero-order chi connectivity index (χ0) is 14.7. The Bertz CT molecular complexity index is 451. The van der Waals surface area contributed by atoms with E-state index in [0.29, 0.717) is 12.8 Å². The molecule has 1 rings (SSSR count). The van der Waals surface area contributed by atoms with Crippen LogP contribution in [0.2, 0.25) is 0 Å². The van der Waals surface area contributed by atoms with Gasteiger partial charge >= 0.3 is 5.97 Å². The molecule has 0 aromatic carbocycles. The summed E-state index contributed by atoms with van der Waals surface area (Å²) in [5.41, 5.74) is -0.584. The van der Waals surface area contributed by atoms with Crippen LogP contribution in [0.5, 0.6) is 0 Å². The Labute approximate surface area is 113 Å². The van der Waals surface area contributed by atoms with Gasteiger partial charge in [0.25, 0.3) is 0 Å². The molecule has 1 aliphatic carbocycles. The normalized spacial score (nSPS) is 17.2. The molecule has 0 radical (unpaired) electrons. The third kappa shape index (κ3) is 6.04. The number of hydrogen-bond acceptors (Lipinski definition) is 4. The molecule has 2 N–H and O–H groups in total. The minimum absolute atomic E-state index is 0.0167. The van der Waals surface area contributed by atoms with E-state index in [4.69, 9.17) is 5.11 Å². The van der Waals surface area contributed by atoms with Gasteiger partial charge < -0.3 is 10.4 Å². The van der Waals surface area contributed by atoms with Crippen LogP contribution in [-0.2, 0) is 19.4 Å². The van der Waals surface area contributed by atoms with Gasteiger partial charge in [0, 0.05) is 12.5 Å². The lowest BCUT2D eigenvalue weighted by atomic mass is 10.1. The molecular formula is C12H21NO5S. The topological polar surface area (TPSA) is 101 Å². The Hall–Kier alpha value is -1.11. The van der Waals surface area contributed by atoms with Crippen LogP contribution in [0, 0.1) is 5.41 Å². The van der Waals surface area contributed by atoms with Gasteiger partial charge in [0.15, 0.2) is 9.84 Å². The van der Waals surface area contributed by atoms with Gasteiger partial charge in [0.05, 0.1) is 17.9 Å². The highest BCUT2D eigenvalue weighted by molar-refractivity contribution is 7.91. The van der Waals surface area contributed by atoms with E-state index in [1.165, 1.54) is 0 Å². The van der Waals surface area contributed by atoms with E-state index in [1.807, 2.05) is 0 Å². The first-order valence-electron chi connectivity index (χ1n) is 6.36. The van der Waals surface area contributed by atoms with Gasteiger partial charge in [-0.3, -0.25) is 9.59 Å². The highest BCUT2D eigenvalue weighted by Crippen LogP contribution is 2.49. The molecule has 0 unspecified atom stereocenters. The summed E-state index contributed by atoms with van der Waals surface area (Å²) in [6.07, 6.45) is 1.10. The summed E-state index contributed by atoms with van der Waals surface area (Å²) in [5, 5.41) is 11.4. The monoisotopic (exact) mass is 291 g/mol. The van der Waals surface area contributed by atoms with Gasteiger partial charge in [0.2, 0.25) is 5.91 Å². The van der Waals surface area contributed by atoms with Crippen molar-refractivity contribution >= 4 is 21.7 Å². The maximum Gasteiger partial charge on any atom is 0.303 e. The SMILES string of the molecule is CC(C)NC(=O)CCS(=O)(=O)CC1(CC(=O)O)CC1. The van der Waals surface area contributed by atoms with Gasteiger partial charge in [-0.1, -0.05) is 0 Å². The molecule has 0 aromatic heterocycles. The van der Waals surface area contributed by atoms with Crippen LogP contribution in [0.1, 0.15) is 39.5 Å². The molecule has 0 heterocycles. The van der Waals surface area contributed by atoms with Crippen LogP contribution in [0.3, 0.4) is 0 Å². The highest BCUT2D eigenvalue weighted by Gasteiger charge is 2.47. The fraction of sp³-hybridized carbons (Fsp3) is 0.833. The summed E-state index contributed by atoms with van der Waals surface area (Å²) in [6.45, 7) is 3.61. The van der Waals surface area contributed by atoms with Crippen molar-refractivity contribution < 1.29 is 23.1 Å². The first kappa shape index (κ1) is 15.9. The van der Waals surface area contributed by atoms with E-state index in [-0.39, 0.29) is 36.3 Å². The molecule has 7 heteroatoms. The summed E-state index contributed by atoms with van der Waals surface area (Å²) < 4.78 is 23.8. The highest BCUT2D eigenvalue weighted by atomic mass is 32.2. The second kappa shape index (κ2) is 5.90. The van der Waals surface area contributed by atoms with Gasteiger partial charge in [-0.25, -0.2) is 8.42 Å². The van der Waals surface area contributed by atoms with E-state index in [9.17, 15) is 18.0 Å². The first-order chi connectivity index (χ1) is 8.64. The number of aliphatic carboxylic acids is 1. The lowest BCUT2D eigenvalue weighted by Crippen LogP contribution is -2.32. The molecule has 0 bridgehead atoms. The maximum absolute atomic E-state index is 11.9. The predicted molar refractivity (Wildman–Crippen MR) is 70.5 cm³/mol. The standard InChI is InChI=1S/C12H21NO5S/c1-9(2)13-10(14)3-6-19(17,18)8-12(4-5-12)7-11(15)16/h9H,3-8H2,1-2H3,(H,13,14)(H,15,16). The minimum atomic E-state index is -3.38. The maximum atomic E-state index is 11.9. The molecule has 6 nitrogen and oxygen atoms in total. The van der Waals surface area contributed by atoms with Crippen LogP contribution >= 0.6 is 0 Å². The molecule has 110 valence electrons. The number of rotatable bonds is 8. The summed E-state index contributed by atoms with van der Waals surface area (Å²) in [4.78, 5) is 22.1. The summed E-state index contributed by atoms with van der Waals surface area (Å²) in [5.74, 6) is -1.60. The number of carboxylic acids is 1. The number of carbonyl (C=O) groups excluding carboxylic acids is 1. The van der Waals surface area contributed by atoms with Crippen molar-refractivity contribution in [1.29, 1.82) is 0 Å². The third-order valence-corrected chi connectivity index (χ3v) is 4.98. The number of carbonyl (C=O) groups is 2. The molecule has 0 aromatic rings. The van der Waals surface area contributed by atoms with Crippen LogP contribution in [-0.4, -0.2) is 42.9 Å². The van der Waals surface area contributed by atoms with E-state index in [2.05, 4.69) is 5.32 Å². The van der Waals surface area contributed by atoms with Crippen molar-refractivity contribution in [2.45, 2.75) is 45.6 Å². The van der Waals surface area contributed by atoms with Crippen molar-refractivity contribution in [1.82, 2.24) is 5.32 Å². The fourth-order valence-electron chi connectivity index (χ4n) is 2.05. The molecule has 1 amide bonds. The summed E-state index contributed by atoms with van der Waals surface area (Å²) in [7, 11) is -3.38. The molecule has 1 fully saturated rings. The Balaban J connectivity index is 2.45. The number of nitrogens with one attached hydrogen (secondary N) is 1. The second-order valence-corrected chi connectivity index (χ2v) is 7.82. The fourth-order valence-corrected chi connectivity index (χ4v) is 4.02.